The SMILES string of the molecule is Cc1cnc([C@@H](CC(=O)O)NC(=O)OCC2c3ccccc3-c3ccccc32)[nH]1. The monoisotopic (exact) mass is 391 g/mol. The molecule has 148 valence electrons. The average Bonchev–Trinajstić information content (AvgIpc) is 3.27. The summed E-state index contributed by atoms with van der Waals surface area (Å²) in [6.45, 7) is 1.97. The van der Waals surface area contributed by atoms with Crippen LogP contribution in [0.1, 0.15) is 41.0 Å². The van der Waals surface area contributed by atoms with Gasteiger partial charge in [0.2, 0.25) is 0 Å². The summed E-state index contributed by atoms with van der Waals surface area (Å²) in [5.74, 6) is -0.710. The minimum absolute atomic E-state index is 0.0584. The van der Waals surface area contributed by atoms with Crippen LogP contribution in [-0.2, 0) is 9.53 Å². The van der Waals surface area contributed by atoms with Gasteiger partial charge in [0.15, 0.2) is 0 Å². The number of imidazole rings is 1. The summed E-state index contributed by atoms with van der Waals surface area (Å²) >= 11 is 0. The summed E-state index contributed by atoms with van der Waals surface area (Å²) in [7, 11) is 0. The number of carbonyl (C=O) groups excluding carboxylic acids is 1. The minimum Gasteiger partial charge on any atom is -0.481 e. The van der Waals surface area contributed by atoms with E-state index in [2.05, 4.69) is 27.4 Å². The number of H-pyrrole nitrogens is 1. The Morgan fingerprint density at radius 3 is 2.31 bits per heavy atom. The number of carboxylic acid groups (broad SMARTS) is 1. The number of nitrogens with one attached hydrogen (secondary N) is 2. The van der Waals surface area contributed by atoms with Gasteiger partial charge in [-0.05, 0) is 29.2 Å². The highest BCUT2D eigenvalue weighted by Crippen LogP contribution is 2.44. The van der Waals surface area contributed by atoms with Gasteiger partial charge in [0.05, 0.1) is 6.42 Å². The van der Waals surface area contributed by atoms with Crippen molar-refractivity contribution in [3.8, 4) is 11.1 Å². The van der Waals surface area contributed by atoms with E-state index >= 15 is 0 Å². The molecule has 7 heteroatoms. The van der Waals surface area contributed by atoms with Gasteiger partial charge in [-0.15, -0.1) is 0 Å². The van der Waals surface area contributed by atoms with Gasteiger partial charge in [0.25, 0.3) is 0 Å². The molecule has 7 nitrogen and oxygen atoms in total. The van der Waals surface area contributed by atoms with Crippen molar-refractivity contribution in [2.75, 3.05) is 6.61 Å². The Labute approximate surface area is 167 Å². The number of ether oxygens (including phenoxy) is 1. The van der Waals surface area contributed by atoms with Crippen molar-refractivity contribution in [3.05, 3.63) is 77.4 Å². The number of rotatable bonds is 6. The Bertz CT molecular complexity index is 1010. The molecule has 29 heavy (non-hydrogen) atoms. The molecule has 1 aromatic heterocycles. The first-order valence-electron chi connectivity index (χ1n) is 9.37. The molecular weight excluding hydrogens is 370 g/mol. The van der Waals surface area contributed by atoms with E-state index in [0.29, 0.717) is 5.82 Å². The molecule has 0 unspecified atom stereocenters. The van der Waals surface area contributed by atoms with E-state index in [9.17, 15) is 9.59 Å². The van der Waals surface area contributed by atoms with Crippen LogP contribution in [0.15, 0.2) is 54.7 Å². The third kappa shape index (κ3) is 3.85. The Morgan fingerprint density at radius 2 is 1.76 bits per heavy atom. The second-order valence-electron chi connectivity index (χ2n) is 7.07. The lowest BCUT2D eigenvalue weighted by atomic mass is 9.98. The summed E-state index contributed by atoms with van der Waals surface area (Å²) in [5.41, 5.74) is 5.30. The van der Waals surface area contributed by atoms with Crippen LogP contribution in [0.2, 0.25) is 0 Å². The predicted molar refractivity (Wildman–Crippen MR) is 107 cm³/mol. The number of hydrogen-bond donors (Lipinski definition) is 3. The van der Waals surface area contributed by atoms with Crippen LogP contribution in [0.5, 0.6) is 0 Å². The van der Waals surface area contributed by atoms with Gasteiger partial charge < -0.3 is 20.1 Å². The van der Waals surface area contributed by atoms with Gasteiger partial charge in [-0.1, -0.05) is 48.5 Å². The second-order valence-corrected chi connectivity index (χ2v) is 7.07. The summed E-state index contributed by atoms with van der Waals surface area (Å²) in [4.78, 5) is 30.7. The van der Waals surface area contributed by atoms with Crippen LogP contribution in [0.4, 0.5) is 4.79 Å². The first-order valence-corrected chi connectivity index (χ1v) is 9.37. The van der Waals surface area contributed by atoms with Gasteiger partial charge in [-0.2, -0.15) is 0 Å². The normalized spacial score (nSPS) is 13.4. The van der Waals surface area contributed by atoms with Crippen LogP contribution in [0.3, 0.4) is 0 Å². The van der Waals surface area contributed by atoms with Crippen LogP contribution >= 0.6 is 0 Å². The maximum atomic E-state index is 12.4. The van der Waals surface area contributed by atoms with Gasteiger partial charge in [-0.3, -0.25) is 4.79 Å². The van der Waals surface area contributed by atoms with E-state index in [1.54, 1.807) is 6.20 Å². The first-order chi connectivity index (χ1) is 14.0. The largest absolute Gasteiger partial charge is 0.481 e. The lowest BCUT2D eigenvalue weighted by Crippen LogP contribution is -2.32. The van der Waals surface area contributed by atoms with Crippen LogP contribution in [0, 0.1) is 6.92 Å². The van der Waals surface area contributed by atoms with Crippen molar-refractivity contribution in [2.24, 2.45) is 0 Å². The molecular formula is C22H21N3O4. The van der Waals surface area contributed by atoms with Gasteiger partial charge >= 0.3 is 12.1 Å². The topological polar surface area (TPSA) is 104 Å². The molecule has 0 spiro atoms. The lowest BCUT2D eigenvalue weighted by molar-refractivity contribution is -0.137. The molecule has 4 rings (SSSR count). The molecule has 1 amide bonds. The molecule has 0 bridgehead atoms. The van der Waals surface area contributed by atoms with Crippen LogP contribution in [0.25, 0.3) is 11.1 Å². The Hall–Kier alpha value is -3.61. The van der Waals surface area contributed by atoms with Crippen molar-refractivity contribution >= 4 is 12.1 Å². The Morgan fingerprint density at radius 1 is 1.14 bits per heavy atom. The second kappa shape index (κ2) is 7.79. The summed E-state index contributed by atoms with van der Waals surface area (Å²) < 4.78 is 5.50. The minimum atomic E-state index is -1.04. The average molecular weight is 391 g/mol. The van der Waals surface area contributed by atoms with E-state index in [4.69, 9.17) is 9.84 Å². The Kier molecular flexibility index (Phi) is 5.03. The van der Waals surface area contributed by atoms with E-state index in [0.717, 1.165) is 27.9 Å². The van der Waals surface area contributed by atoms with Crippen LogP contribution < -0.4 is 5.32 Å². The highest BCUT2D eigenvalue weighted by molar-refractivity contribution is 5.79. The number of aromatic nitrogens is 2. The van der Waals surface area contributed by atoms with Crippen LogP contribution in [-0.4, -0.2) is 33.7 Å². The lowest BCUT2D eigenvalue weighted by Gasteiger charge is -2.17. The summed E-state index contributed by atoms with van der Waals surface area (Å²) in [6.07, 6.45) is 0.618. The standard InChI is InChI=1S/C22H21N3O4/c1-13-11-23-21(24-13)19(10-20(26)27)25-22(28)29-12-18-16-8-4-2-6-14(16)15-7-3-5-9-17(15)18/h2-9,11,18-19H,10,12H2,1H3,(H,23,24)(H,25,28)(H,26,27)/t19-/m1/s1. The number of aliphatic carboxylic acids is 1. The molecule has 1 atom stereocenters. The number of hydrogen-bond acceptors (Lipinski definition) is 4. The molecule has 1 heterocycles. The van der Waals surface area contributed by atoms with E-state index in [1.807, 2.05) is 43.3 Å². The maximum absolute atomic E-state index is 12.4. The number of alkyl carbamates (subject to hydrolysis) is 1. The number of aryl methyl sites for hydroxylation is 1. The molecule has 0 saturated carbocycles. The fourth-order valence-corrected chi connectivity index (χ4v) is 3.78. The molecule has 1 aliphatic carbocycles. The molecule has 0 aliphatic heterocycles. The predicted octanol–water partition coefficient (Wildman–Crippen LogP) is 3.77. The van der Waals surface area contributed by atoms with E-state index in [1.165, 1.54) is 0 Å². The highest BCUT2D eigenvalue weighted by Gasteiger charge is 2.29. The molecule has 0 saturated heterocycles. The van der Waals surface area contributed by atoms with Gasteiger partial charge in [0, 0.05) is 17.8 Å². The number of aromatic amines is 1. The van der Waals surface area contributed by atoms with Crippen molar-refractivity contribution < 1.29 is 19.4 Å². The number of nitrogens with zero attached hydrogens (tertiary/aromatic N) is 1. The molecule has 0 radical (unpaired) electrons. The van der Waals surface area contributed by atoms with Gasteiger partial charge in [-0.25, -0.2) is 9.78 Å². The van der Waals surface area contributed by atoms with E-state index in [-0.39, 0.29) is 18.9 Å². The smallest absolute Gasteiger partial charge is 0.407 e. The molecule has 1 aliphatic rings. The van der Waals surface area contributed by atoms with Crippen molar-refractivity contribution in [1.29, 1.82) is 0 Å². The number of carboxylic acids is 1. The molecule has 3 aromatic rings. The fourth-order valence-electron chi connectivity index (χ4n) is 3.78. The Balaban J connectivity index is 1.47. The zero-order chi connectivity index (χ0) is 20.4. The quantitative estimate of drug-likeness (QED) is 0.593. The maximum Gasteiger partial charge on any atom is 0.407 e. The number of amides is 1. The summed E-state index contributed by atoms with van der Waals surface area (Å²) in [5, 5.41) is 11.8. The van der Waals surface area contributed by atoms with Crippen molar-refractivity contribution in [1.82, 2.24) is 15.3 Å². The highest BCUT2D eigenvalue weighted by atomic mass is 16.5. The zero-order valence-electron chi connectivity index (χ0n) is 15.9. The fraction of sp³-hybridized carbons (Fsp3) is 0.227. The third-order valence-electron chi connectivity index (χ3n) is 5.07. The van der Waals surface area contributed by atoms with E-state index < -0.39 is 18.1 Å². The zero-order valence-corrected chi connectivity index (χ0v) is 15.9. The summed E-state index contributed by atoms with van der Waals surface area (Å²) in [6, 6.07) is 15.4. The number of carbonyl (C=O) groups is 2. The molecule has 3 N–H and O–H groups in total. The molecule has 2 aromatic carbocycles. The first kappa shape index (κ1) is 18.7. The van der Waals surface area contributed by atoms with Crippen molar-refractivity contribution in [2.45, 2.75) is 25.3 Å². The molecule has 0 fully saturated rings. The number of fused-ring (bicyclic) bond motifs is 3. The van der Waals surface area contributed by atoms with Gasteiger partial charge in [0.1, 0.15) is 18.5 Å². The number of benzene rings is 2. The third-order valence-corrected chi connectivity index (χ3v) is 5.07. The van der Waals surface area contributed by atoms with Crippen molar-refractivity contribution in [3.63, 3.8) is 0 Å².